The Balaban J connectivity index is 2.07. The van der Waals surface area contributed by atoms with E-state index >= 15 is 0 Å². The fraction of sp³-hybridized carbons (Fsp3) is 0.267. The molecule has 2 aromatic rings. The van der Waals surface area contributed by atoms with Crippen LogP contribution >= 0.6 is 11.3 Å². The van der Waals surface area contributed by atoms with Crippen molar-refractivity contribution in [1.82, 2.24) is 4.57 Å². The fourth-order valence-electron chi connectivity index (χ4n) is 1.91. The highest BCUT2D eigenvalue weighted by Crippen LogP contribution is 2.21. The number of ether oxygens (including phenoxy) is 1. The van der Waals surface area contributed by atoms with E-state index in [1.54, 1.807) is 13.2 Å². The molecule has 3 N–H and O–H groups in total. The van der Waals surface area contributed by atoms with Crippen molar-refractivity contribution in [1.29, 1.82) is 0 Å². The van der Waals surface area contributed by atoms with E-state index < -0.39 is 0 Å². The highest BCUT2D eigenvalue weighted by Gasteiger charge is 2.10. The number of hydrogen-bond acceptors (Lipinski definition) is 5. The van der Waals surface area contributed by atoms with Gasteiger partial charge in [0, 0.05) is 13.1 Å². The number of aromatic hydroxyl groups is 1. The molecule has 0 aliphatic heterocycles. The van der Waals surface area contributed by atoms with Crippen molar-refractivity contribution < 1.29 is 9.84 Å². The Bertz CT molecular complexity index is 671. The highest BCUT2D eigenvalue weighted by molar-refractivity contribution is 7.10. The van der Waals surface area contributed by atoms with E-state index in [1.807, 2.05) is 30.3 Å². The molecule has 21 heavy (non-hydrogen) atoms. The van der Waals surface area contributed by atoms with E-state index in [9.17, 15) is 9.90 Å². The highest BCUT2D eigenvalue weighted by atomic mass is 32.1. The van der Waals surface area contributed by atoms with Gasteiger partial charge in [-0.2, -0.15) is 0 Å². The first-order valence-electron chi connectivity index (χ1n) is 6.58. The number of thiazole rings is 1. The molecule has 112 valence electrons. The summed E-state index contributed by atoms with van der Waals surface area (Å²) < 4.78 is 6.39. The lowest BCUT2D eigenvalue weighted by Gasteiger charge is -2.01. The van der Waals surface area contributed by atoms with Gasteiger partial charge >= 0.3 is 4.87 Å². The third-order valence-corrected chi connectivity index (χ3v) is 3.96. The molecule has 0 saturated carbocycles. The van der Waals surface area contributed by atoms with Gasteiger partial charge in [-0.15, -0.1) is 0 Å². The first kappa shape index (κ1) is 15.3. The van der Waals surface area contributed by atoms with E-state index in [-0.39, 0.29) is 10.8 Å². The summed E-state index contributed by atoms with van der Waals surface area (Å²) in [6.45, 7) is 0.646. The third-order valence-electron chi connectivity index (χ3n) is 3.03. The Hall–Kier alpha value is -2.05. The zero-order valence-electron chi connectivity index (χ0n) is 11.8. The molecule has 0 amide bonds. The van der Waals surface area contributed by atoms with Gasteiger partial charge in [-0.1, -0.05) is 29.5 Å². The van der Waals surface area contributed by atoms with Gasteiger partial charge in [0.1, 0.15) is 5.75 Å². The van der Waals surface area contributed by atoms with Crippen molar-refractivity contribution in [2.24, 2.45) is 5.73 Å². The minimum Gasteiger partial charge on any atom is -0.497 e. The molecule has 5 nitrogen and oxygen atoms in total. The van der Waals surface area contributed by atoms with Gasteiger partial charge in [-0.05, 0) is 30.2 Å². The van der Waals surface area contributed by atoms with Crippen molar-refractivity contribution in [3.8, 4) is 11.6 Å². The second-order valence-corrected chi connectivity index (χ2v) is 5.44. The summed E-state index contributed by atoms with van der Waals surface area (Å²) >= 11 is 1.02. The number of benzene rings is 1. The van der Waals surface area contributed by atoms with Crippen LogP contribution in [0.1, 0.15) is 10.4 Å². The van der Waals surface area contributed by atoms with Gasteiger partial charge in [0.15, 0.2) is 0 Å². The largest absolute Gasteiger partial charge is 0.497 e. The van der Waals surface area contributed by atoms with E-state index in [4.69, 9.17) is 10.5 Å². The van der Waals surface area contributed by atoms with E-state index in [0.717, 1.165) is 22.6 Å². The average molecular weight is 306 g/mol. The molecule has 2 rings (SSSR count). The zero-order chi connectivity index (χ0) is 15.2. The number of rotatable bonds is 6. The van der Waals surface area contributed by atoms with Gasteiger partial charge < -0.3 is 15.6 Å². The predicted octanol–water partition coefficient (Wildman–Crippen LogP) is 1.84. The molecule has 0 saturated heterocycles. The molecule has 0 bridgehead atoms. The van der Waals surface area contributed by atoms with Crippen LogP contribution < -0.4 is 15.3 Å². The van der Waals surface area contributed by atoms with E-state index in [1.165, 1.54) is 4.57 Å². The van der Waals surface area contributed by atoms with Crippen LogP contribution in [0.5, 0.6) is 11.6 Å². The summed E-state index contributed by atoms with van der Waals surface area (Å²) in [5, 5.41) is 9.96. The normalized spacial score (nSPS) is 11.1. The Morgan fingerprint density at radius 3 is 2.71 bits per heavy atom. The summed E-state index contributed by atoms with van der Waals surface area (Å²) in [6, 6.07) is 7.75. The molecule has 0 unspecified atom stereocenters. The summed E-state index contributed by atoms with van der Waals surface area (Å²) in [7, 11) is 1.63. The second-order valence-electron chi connectivity index (χ2n) is 4.45. The van der Waals surface area contributed by atoms with Gasteiger partial charge in [0.25, 0.3) is 0 Å². The molecule has 0 fully saturated rings. The number of aromatic nitrogens is 1. The van der Waals surface area contributed by atoms with Crippen LogP contribution in [0.15, 0.2) is 35.1 Å². The fourth-order valence-corrected chi connectivity index (χ4v) is 2.75. The summed E-state index contributed by atoms with van der Waals surface area (Å²) in [6.07, 6.45) is 4.39. The van der Waals surface area contributed by atoms with Crippen LogP contribution in [0, 0.1) is 0 Å². The first-order chi connectivity index (χ1) is 10.2. The molecular formula is C15H18N2O3S. The van der Waals surface area contributed by atoms with Gasteiger partial charge in [0.05, 0.1) is 12.0 Å². The first-order valence-corrected chi connectivity index (χ1v) is 7.39. The van der Waals surface area contributed by atoms with Crippen LogP contribution in [-0.2, 0) is 13.0 Å². The molecule has 6 heteroatoms. The number of nitrogens with two attached hydrogens (primary N) is 1. The number of methoxy groups -OCH3 is 1. The molecule has 0 spiro atoms. The van der Waals surface area contributed by atoms with Crippen LogP contribution in [0.25, 0.3) is 6.08 Å². The standard InChI is InChI=1S/C15H18N2O3S/c1-20-12-7-5-11(6-8-12)3-2-4-13-14(18)17(10-9-16)15(19)21-13/h2,4-8,18H,3,9-10,16H2,1H3/b4-2+. The maximum Gasteiger partial charge on any atom is 0.310 e. The van der Waals surface area contributed by atoms with Crippen LogP contribution in [-0.4, -0.2) is 23.3 Å². The van der Waals surface area contributed by atoms with Crippen molar-refractivity contribution in [3.63, 3.8) is 0 Å². The maximum atomic E-state index is 11.7. The second kappa shape index (κ2) is 7.10. The SMILES string of the molecule is COc1ccc(C/C=C/c2sc(=O)n(CCN)c2O)cc1. The van der Waals surface area contributed by atoms with Crippen LogP contribution in [0.3, 0.4) is 0 Å². The number of hydrogen-bond donors (Lipinski definition) is 2. The van der Waals surface area contributed by atoms with Crippen LogP contribution in [0.4, 0.5) is 0 Å². The summed E-state index contributed by atoms with van der Waals surface area (Å²) in [5.41, 5.74) is 6.54. The van der Waals surface area contributed by atoms with Crippen molar-refractivity contribution in [3.05, 3.63) is 50.4 Å². The average Bonchev–Trinajstić information content (AvgIpc) is 2.76. The summed E-state index contributed by atoms with van der Waals surface area (Å²) in [4.78, 5) is 12.0. The van der Waals surface area contributed by atoms with Gasteiger partial charge in [0.2, 0.25) is 5.88 Å². The quantitative estimate of drug-likeness (QED) is 0.853. The van der Waals surface area contributed by atoms with E-state index in [2.05, 4.69) is 0 Å². The molecular weight excluding hydrogens is 288 g/mol. The lowest BCUT2D eigenvalue weighted by atomic mass is 10.1. The van der Waals surface area contributed by atoms with Gasteiger partial charge in [-0.25, -0.2) is 0 Å². The Kier molecular flexibility index (Phi) is 5.19. The lowest BCUT2D eigenvalue weighted by molar-refractivity contribution is 0.414. The molecule has 1 aromatic carbocycles. The Morgan fingerprint density at radius 2 is 2.10 bits per heavy atom. The Morgan fingerprint density at radius 1 is 1.38 bits per heavy atom. The maximum absolute atomic E-state index is 11.7. The van der Waals surface area contributed by atoms with Crippen molar-refractivity contribution in [2.45, 2.75) is 13.0 Å². The minimum atomic E-state index is -0.193. The van der Waals surface area contributed by atoms with Crippen molar-refractivity contribution >= 4 is 17.4 Å². The molecule has 0 atom stereocenters. The molecule has 0 aliphatic rings. The monoisotopic (exact) mass is 306 g/mol. The van der Waals surface area contributed by atoms with Crippen LogP contribution in [0.2, 0.25) is 0 Å². The topological polar surface area (TPSA) is 77.5 Å². The number of nitrogens with zero attached hydrogens (tertiary/aromatic N) is 1. The van der Waals surface area contributed by atoms with Crippen molar-refractivity contribution in [2.75, 3.05) is 13.7 Å². The smallest absolute Gasteiger partial charge is 0.310 e. The predicted molar refractivity (Wildman–Crippen MR) is 85.0 cm³/mol. The molecule has 0 aliphatic carbocycles. The Labute approximate surface area is 126 Å². The summed E-state index contributed by atoms with van der Waals surface area (Å²) in [5.74, 6) is 0.805. The molecule has 0 radical (unpaired) electrons. The molecule has 1 aromatic heterocycles. The lowest BCUT2D eigenvalue weighted by Crippen LogP contribution is -2.18. The minimum absolute atomic E-state index is 0.0126. The third kappa shape index (κ3) is 3.74. The van der Waals surface area contributed by atoms with Gasteiger partial charge in [-0.3, -0.25) is 9.36 Å². The van der Waals surface area contributed by atoms with E-state index in [0.29, 0.717) is 24.4 Å². The number of allylic oxidation sites excluding steroid dienone is 1. The zero-order valence-corrected chi connectivity index (χ0v) is 12.6. The molecule has 1 heterocycles.